The lowest BCUT2D eigenvalue weighted by Crippen LogP contribution is -2.03. The number of aromatic nitrogens is 2. The summed E-state index contributed by atoms with van der Waals surface area (Å²) in [6, 6.07) is 11.9. The number of nitrogens with zero attached hydrogens (tertiary/aromatic N) is 2. The monoisotopic (exact) mass is 312 g/mol. The molecule has 0 aliphatic heterocycles. The van der Waals surface area contributed by atoms with E-state index >= 15 is 0 Å². The maximum Gasteiger partial charge on any atom is 0.307 e. The highest BCUT2D eigenvalue weighted by Gasteiger charge is 2.15. The van der Waals surface area contributed by atoms with Crippen LogP contribution in [-0.2, 0) is 11.2 Å². The van der Waals surface area contributed by atoms with Crippen LogP contribution in [0.25, 0.3) is 22.4 Å². The van der Waals surface area contributed by atoms with Crippen molar-refractivity contribution >= 4 is 17.0 Å². The molecule has 0 saturated heterocycles. The lowest BCUT2D eigenvalue weighted by atomic mass is 10.1. The summed E-state index contributed by atoms with van der Waals surface area (Å²) in [6.07, 6.45) is -0.0314. The Balaban J connectivity index is 2.18. The fourth-order valence-electron chi connectivity index (χ4n) is 2.75. The number of aliphatic carboxylic acids is 1. The molecule has 0 unspecified atom stereocenters. The van der Waals surface area contributed by atoms with Crippen molar-refractivity contribution in [3.63, 3.8) is 0 Å². The van der Waals surface area contributed by atoms with Crippen LogP contribution in [0, 0.1) is 5.82 Å². The van der Waals surface area contributed by atoms with E-state index < -0.39 is 5.97 Å². The van der Waals surface area contributed by atoms with E-state index in [1.165, 1.54) is 12.1 Å². The van der Waals surface area contributed by atoms with Crippen LogP contribution in [-0.4, -0.2) is 20.6 Å². The molecule has 2 aromatic carbocycles. The minimum absolute atomic E-state index is 0.0314. The first kappa shape index (κ1) is 15.2. The third-order valence-corrected chi connectivity index (χ3v) is 3.73. The third kappa shape index (κ3) is 2.95. The number of carboxylic acid groups (broad SMARTS) is 1. The van der Waals surface area contributed by atoms with Crippen molar-refractivity contribution in [3.05, 3.63) is 53.8 Å². The molecule has 0 amide bonds. The number of carbonyl (C=O) groups is 1. The molecular formula is C18H17FN2O2. The van der Waals surface area contributed by atoms with Crippen LogP contribution in [0.3, 0.4) is 0 Å². The molecule has 0 atom stereocenters. The van der Waals surface area contributed by atoms with Crippen molar-refractivity contribution in [2.24, 2.45) is 0 Å². The van der Waals surface area contributed by atoms with Crippen molar-refractivity contribution in [1.82, 2.24) is 9.55 Å². The molecule has 0 saturated carbocycles. The highest BCUT2D eigenvalue weighted by atomic mass is 19.1. The van der Waals surface area contributed by atoms with E-state index in [1.54, 1.807) is 18.2 Å². The number of hydrogen-bond donors (Lipinski definition) is 1. The second kappa shape index (κ2) is 5.83. The average Bonchev–Trinajstić information content (AvgIpc) is 2.86. The summed E-state index contributed by atoms with van der Waals surface area (Å²) >= 11 is 0. The maximum atomic E-state index is 13.2. The summed E-state index contributed by atoms with van der Waals surface area (Å²) in [5.41, 5.74) is 3.23. The van der Waals surface area contributed by atoms with Gasteiger partial charge >= 0.3 is 5.97 Å². The molecule has 1 aromatic heterocycles. The van der Waals surface area contributed by atoms with Crippen molar-refractivity contribution < 1.29 is 14.3 Å². The number of imidazole rings is 1. The second-order valence-electron chi connectivity index (χ2n) is 5.80. The predicted molar refractivity (Wildman–Crippen MR) is 86.9 cm³/mol. The number of halogens is 1. The van der Waals surface area contributed by atoms with Crippen LogP contribution in [0.4, 0.5) is 4.39 Å². The number of fused-ring (bicyclic) bond motifs is 1. The topological polar surface area (TPSA) is 55.1 Å². The fourth-order valence-corrected chi connectivity index (χ4v) is 2.75. The van der Waals surface area contributed by atoms with E-state index in [2.05, 4.69) is 23.4 Å². The summed E-state index contributed by atoms with van der Waals surface area (Å²) in [4.78, 5) is 15.5. The van der Waals surface area contributed by atoms with Gasteiger partial charge in [-0.1, -0.05) is 6.07 Å². The minimum atomic E-state index is -0.869. The first-order valence-corrected chi connectivity index (χ1v) is 7.44. The molecule has 118 valence electrons. The Morgan fingerprint density at radius 3 is 2.52 bits per heavy atom. The van der Waals surface area contributed by atoms with Crippen molar-refractivity contribution in [3.8, 4) is 11.4 Å². The molecule has 0 spiro atoms. The zero-order chi connectivity index (χ0) is 16.6. The van der Waals surface area contributed by atoms with Gasteiger partial charge in [0.25, 0.3) is 0 Å². The van der Waals surface area contributed by atoms with Gasteiger partial charge in [0.05, 0.1) is 17.5 Å². The van der Waals surface area contributed by atoms with Gasteiger partial charge < -0.3 is 9.67 Å². The molecule has 23 heavy (non-hydrogen) atoms. The molecule has 1 heterocycles. The van der Waals surface area contributed by atoms with Gasteiger partial charge in [0.2, 0.25) is 0 Å². The number of rotatable bonds is 4. The lowest BCUT2D eigenvalue weighted by Gasteiger charge is -2.13. The highest BCUT2D eigenvalue weighted by Crippen LogP contribution is 2.29. The van der Waals surface area contributed by atoms with E-state index in [0.29, 0.717) is 5.56 Å². The van der Waals surface area contributed by atoms with E-state index in [1.807, 2.05) is 12.1 Å². The summed E-state index contributed by atoms with van der Waals surface area (Å²) in [6.45, 7) is 4.11. The summed E-state index contributed by atoms with van der Waals surface area (Å²) < 4.78 is 15.2. The average molecular weight is 312 g/mol. The SMILES string of the molecule is CC(C)n1c(-c2ccc(F)cc2)nc2cc(CC(=O)O)ccc21. The largest absolute Gasteiger partial charge is 0.481 e. The summed E-state index contributed by atoms with van der Waals surface area (Å²) in [5.74, 6) is -0.404. The molecule has 0 aliphatic rings. The standard InChI is InChI=1S/C18H17FN2O2/c1-11(2)21-16-8-3-12(10-17(22)23)9-15(16)20-18(21)13-4-6-14(19)7-5-13/h3-9,11H,10H2,1-2H3,(H,22,23). The molecule has 0 fully saturated rings. The van der Waals surface area contributed by atoms with Gasteiger partial charge in [-0.25, -0.2) is 9.37 Å². The Hall–Kier alpha value is -2.69. The van der Waals surface area contributed by atoms with Crippen molar-refractivity contribution in [1.29, 1.82) is 0 Å². The molecule has 4 nitrogen and oxygen atoms in total. The summed E-state index contributed by atoms with van der Waals surface area (Å²) in [5, 5.41) is 8.93. The second-order valence-corrected chi connectivity index (χ2v) is 5.80. The number of hydrogen-bond acceptors (Lipinski definition) is 2. The first-order valence-electron chi connectivity index (χ1n) is 7.44. The molecule has 3 rings (SSSR count). The zero-order valence-electron chi connectivity index (χ0n) is 13.0. The Kier molecular flexibility index (Phi) is 3.86. The smallest absolute Gasteiger partial charge is 0.307 e. The third-order valence-electron chi connectivity index (χ3n) is 3.73. The van der Waals surface area contributed by atoms with Crippen molar-refractivity contribution in [2.75, 3.05) is 0 Å². The van der Waals surface area contributed by atoms with Crippen LogP contribution in [0.5, 0.6) is 0 Å². The van der Waals surface area contributed by atoms with Gasteiger partial charge in [-0.05, 0) is 55.8 Å². The number of benzene rings is 2. The van der Waals surface area contributed by atoms with Crippen LogP contribution in [0.2, 0.25) is 0 Å². The molecule has 5 heteroatoms. The molecule has 3 aromatic rings. The predicted octanol–water partition coefficient (Wildman–Crippen LogP) is 4.05. The minimum Gasteiger partial charge on any atom is -0.481 e. The van der Waals surface area contributed by atoms with E-state index in [0.717, 1.165) is 22.4 Å². The Morgan fingerprint density at radius 2 is 1.91 bits per heavy atom. The Morgan fingerprint density at radius 1 is 1.22 bits per heavy atom. The molecule has 0 bridgehead atoms. The van der Waals surface area contributed by atoms with Crippen LogP contribution < -0.4 is 0 Å². The van der Waals surface area contributed by atoms with E-state index in [9.17, 15) is 9.18 Å². The highest BCUT2D eigenvalue weighted by molar-refractivity contribution is 5.82. The maximum absolute atomic E-state index is 13.2. The molecule has 1 N–H and O–H groups in total. The molecular weight excluding hydrogens is 295 g/mol. The lowest BCUT2D eigenvalue weighted by molar-refractivity contribution is -0.136. The Labute approximate surface area is 133 Å². The zero-order valence-corrected chi connectivity index (χ0v) is 13.0. The van der Waals surface area contributed by atoms with E-state index in [-0.39, 0.29) is 18.3 Å². The normalized spacial score (nSPS) is 11.3. The van der Waals surface area contributed by atoms with Crippen LogP contribution in [0.1, 0.15) is 25.5 Å². The number of carboxylic acids is 1. The van der Waals surface area contributed by atoms with Gasteiger partial charge in [0.15, 0.2) is 0 Å². The van der Waals surface area contributed by atoms with Gasteiger partial charge in [-0.15, -0.1) is 0 Å². The quantitative estimate of drug-likeness (QED) is 0.790. The van der Waals surface area contributed by atoms with Gasteiger partial charge in [-0.3, -0.25) is 4.79 Å². The van der Waals surface area contributed by atoms with Gasteiger partial charge in [0.1, 0.15) is 11.6 Å². The summed E-state index contributed by atoms with van der Waals surface area (Å²) in [7, 11) is 0. The Bertz CT molecular complexity index is 867. The first-order chi connectivity index (χ1) is 11.0. The fraction of sp³-hybridized carbons (Fsp3) is 0.222. The van der Waals surface area contributed by atoms with E-state index in [4.69, 9.17) is 5.11 Å². The van der Waals surface area contributed by atoms with Crippen LogP contribution in [0.15, 0.2) is 42.5 Å². The molecule has 0 aliphatic carbocycles. The van der Waals surface area contributed by atoms with Gasteiger partial charge in [0, 0.05) is 11.6 Å². The van der Waals surface area contributed by atoms with Crippen molar-refractivity contribution in [2.45, 2.75) is 26.3 Å². The molecule has 0 radical (unpaired) electrons. The van der Waals surface area contributed by atoms with Gasteiger partial charge in [-0.2, -0.15) is 0 Å². The van der Waals surface area contributed by atoms with Crippen LogP contribution >= 0.6 is 0 Å².